The second-order valence-electron chi connectivity index (χ2n) is 5.25. The van der Waals surface area contributed by atoms with Crippen LogP contribution in [0, 0.1) is 0 Å². The van der Waals surface area contributed by atoms with Crippen molar-refractivity contribution in [1.82, 2.24) is 0 Å². The average molecular weight is 298 g/mol. The van der Waals surface area contributed by atoms with E-state index < -0.39 is 0 Å². The molecule has 0 unspecified atom stereocenters. The summed E-state index contributed by atoms with van der Waals surface area (Å²) in [4.78, 5) is 1.33. The highest BCUT2D eigenvalue weighted by Crippen LogP contribution is 2.29. The molecule has 0 amide bonds. The van der Waals surface area contributed by atoms with Crippen LogP contribution >= 0.6 is 11.8 Å². The third-order valence-electron chi connectivity index (χ3n) is 3.83. The molecule has 4 heteroatoms. The van der Waals surface area contributed by atoms with E-state index in [1.54, 1.807) is 0 Å². The Morgan fingerprint density at radius 2 is 1.86 bits per heavy atom. The molecule has 3 rings (SSSR count). The van der Waals surface area contributed by atoms with Gasteiger partial charge in [-0.05, 0) is 48.1 Å². The zero-order valence-electron chi connectivity index (χ0n) is 11.7. The van der Waals surface area contributed by atoms with E-state index in [0.717, 1.165) is 11.3 Å². The lowest BCUT2D eigenvalue weighted by molar-refractivity contribution is 0.318. The number of nitrogens with two attached hydrogens (primary N) is 1. The molecule has 108 valence electrons. The molecule has 1 aliphatic carbocycles. The van der Waals surface area contributed by atoms with Crippen LogP contribution in [0.4, 0.5) is 0 Å². The molecule has 0 atom stereocenters. The smallest absolute Gasteiger partial charge is 0.170 e. The van der Waals surface area contributed by atoms with E-state index in [4.69, 9.17) is 10.9 Å². The van der Waals surface area contributed by atoms with Crippen LogP contribution < -0.4 is 5.73 Å². The molecule has 1 aliphatic rings. The van der Waals surface area contributed by atoms with Gasteiger partial charge in [0.15, 0.2) is 5.84 Å². The zero-order valence-corrected chi connectivity index (χ0v) is 12.6. The van der Waals surface area contributed by atoms with Crippen molar-refractivity contribution in [1.29, 1.82) is 0 Å². The average Bonchev–Trinajstić information content (AvgIpc) is 3.00. The van der Waals surface area contributed by atoms with Gasteiger partial charge in [0, 0.05) is 16.2 Å². The summed E-state index contributed by atoms with van der Waals surface area (Å²) in [7, 11) is 0. The molecule has 0 saturated heterocycles. The molecule has 0 radical (unpaired) electrons. The first-order valence-electron chi connectivity index (χ1n) is 7.08. The number of aryl methyl sites for hydroxylation is 2. The SMILES string of the molecule is N/C(=N\O)c1ccc(CSc2ccc3c(c2)CCC3)cc1. The molecule has 3 nitrogen and oxygen atoms in total. The zero-order chi connectivity index (χ0) is 14.7. The first-order valence-corrected chi connectivity index (χ1v) is 8.06. The molecular formula is C17H18N2OS. The van der Waals surface area contributed by atoms with Crippen molar-refractivity contribution in [3.05, 3.63) is 64.7 Å². The summed E-state index contributed by atoms with van der Waals surface area (Å²) < 4.78 is 0. The molecule has 2 aromatic carbocycles. The Morgan fingerprint density at radius 3 is 2.62 bits per heavy atom. The van der Waals surface area contributed by atoms with Gasteiger partial charge in [0.05, 0.1) is 0 Å². The minimum atomic E-state index is 0.146. The van der Waals surface area contributed by atoms with Crippen LogP contribution in [0.3, 0.4) is 0 Å². The Balaban J connectivity index is 1.65. The van der Waals surface area contributed by atoms with Crippen LogP contribution in [0.2, 0.25) is 0 Å². The van der Waals surface area contributed by atoms with Gasteiger partial charge in [0.25, 0.3) is 0 Å². The van der Waals surface area contributed by atoms with Gasteiger partial charge in [-0.2, -0.15) is 0 Å². The molecule has 0 saturated carbocycles. The summed E-state index contributed by atoms with van der Waals surface area (Å²) >= 11 is 1.85. The lowest BCUT2D eigenvalue weighted by Gasteiger charge is -2.06. The van der Waals surface area contributed by atoms with Crippen LogP contribution in [-0.4, -0.2) is 11.0 Å². The molecule has 21 heavy (non-hydrogen) atoms. The molecule has 0 fully saturated rings. The van der Waals surface area contributed by atoms with Gasteiger partial charge in [0.2, 0.25) is 0 Å². The number of hydrogen-bond donors (Lipinski definition) is 2. The van der Waals surface area contributed by atoms with Crippen molar-refractivity contribution < 1.29 is 5.21 Å². The van der Waals surface area contributed by atoms with Crippen LogP contribution in [0.15, 0.2) is 52.5 Å². The van der Waals surface area contributed by atoms with Crippen LogP contribution in [-0.2, 0) is 18.6 Å². The van der Waals surface area contributed by atoms with Gasteiger partial charge >= 0.3 is 0 Å². The summed E-state index contributed by atoms with van der Waals surface area (Å²) in [6, 6.07) is 14.6. The fourth-order valence-corrected chi connectivity index (χ4v) is 3.55. The molecule has 0 heterocycles. The maximum Gasteiger partial charge on any atom is 0.170 e. The molecule has 0 aliphatic heterocycles. The normalized spacial score (nSPS) is 14.2. The lowest BCUT2D eigenvalue weighted by Crippen LogP contribution is -2.12. The number of amidine groups is 1. The van der Waals surface area contributed by atoms with Gasteiger partial charge in [-0.1, -0.05) is 35.5 Å². The topological polar surface area (TPSA) is 58.6 Å². The quantitative estimate of drug-likeness (QED) is 0.298. The fourth-order valence-electron chi connectivity index (χ4n) is 2.63. The first-order chi connectivity index (χ1) is 10.3. The standard InChI is InChI=1S/C17H18N2OS/c18-17(19-20)14-6-4-12(5-7-14)11-21-16-9-8-13-2-1-3-15(13)10-16/h4-10,20H,1-3,11H2,(H2,18,19). The number of benzene rings is 2. The van der Waals surface area contributed by atoms with E-state index in [2.05, 4.69) is 23.4 Å². The largest absolute Gasteiger partial charge is 0.409 e. The predicted octanol–water partition coefficient (Wildman–Crippen LogP) is 3.56. The summed E-state index contributed by atoms with van der Waals surface area (Å²) in [6.45, 7) is 0. The van der Waals surface area contributed by atoms with Crippen molar-refractivity contribution in [2.45, 2.75) is 29.9 Å². The highest BCUT2D eigenvalue weighted by Gasteiger charge is 2.10. The van der Waals surface area contributed by atoms with Crippen LogP contribution in [0.5, 0.6) is 0 Å². The summed E-state index contributed by atoms with van der Waals surface area (Å²) in [5, 5.41) is 11.6. The second-order valence-corrected chi connectivity index (χ2v) is 6.30. The summed E-state index contributed by atoms with van der Waals surface area (Å²) in [5.41, 5.74) is 10.6. The van der Waals surface area contributed by atoms with E-state index in [0.29, 0.717) is 0 Å². The maximum absolute atomic E-state index is 8.65. The summed E-state index contributed by atoms with van der Waals surface area (Å²) in [6.07, 6.45) is 3.74. The number of fused-ring (bicyclic) bond motifs is 1. The number of nitrogens with zero attached hydrogens (tertiary/aromatic N) is 1. The Labute approximate surface area is 128 Å². The number of rotatable bonds is 4. The Bertz CT molecular complexity index is 665. The van der Waals surface area contributed by atoms with Gasteiger partial charge in [-0.15, -0.1) is 11.8 Å². The van der Waals surface area contributed by atoms with E-state index >= 15 is 0 Å². The van der Waals surface area contributed by atoms with Crippen molar-refractivity contribution in [3.63, 3.8) is 0 Å². The third kappa shape index (κ3) is 3.22. The van der Waals surface area contributed by atoms with Crippen molar-refractivity contribution >= 4 is 17.6 Å². The minimum Gasteiger partial charge on any atom is -0.409 e. The molecule has 0 spiro atoms. The summed E-state index contributed by atoms with van der Waals surface area (Å²) in [5.74, 6) is 1.07. The number of hydrogen-bond acceptors (Lipinski definition) is 3. The Hall–Kier alpha value is -1.94. The van der Waals surface area contributed by atoms with E-state index in [1.807, 2.05) is 36.0 Å². The minimum absolute atomic E-state index is 0.146. The Morgan fingerprint density at radius 1 is 1.10 bits per heavy atom. The molecular weight excluding hydrogens is 280 g/mol. The Kier molecular flexibility index (Phi) is 4.15. The van der Waals surface area contributed by atoms with Gasteiger partial charge < -0.3 is 10.9 Å². The molecule has 0 aromatic heterocycles. The van der Waals surface area contributed by atoms with E-state index in [-0.39, 0.29) is 5.84 Å². The van der Waals surface area contributed by atoms with Gasteiger partial charge in [0.1, 0.15) is 0 Å². The van der Waals surface area contributed by atoms with Gasteiger partial charge in [-0.25, -0.2) is 0 Å². The fraction of sp³-hybridized carbons (Fsp3) is 0.235. The van der Waals surface area contributed by atoms with Crippen molar-refractivity contribution in [2.75, 3.05) is 0 Å². The predicted molar refractivity (Wildman–Crippen MR) is 87.0 cm³/mol. The van der Waals surface area contributed by atoms with Crippen molar-refractivity contribution in [2.24, 2.45) is 10.9 Å². The monoisotopic (exact) mass is 298 g/mol. The number of oxime groups is 1. The van der Waals surface area contributed by atoms with Gasteiger partial charge in [-0.3, -0.25) is 0 Å². The van der Waals surface area contributed by atoms with Crippen molar-refractivity contribution in [3.8, 4) is 0 Å². The number of thioether (sulfide) groups is 1. The van der Waals surface area contributed by atoms with E-state index in [1.165, 1.54) is 40.8 Å². The second kappa shape index (κ2) is 6.22. The highest BCUT2D eigenvalue weighted by molar-refractivity contribution is 7.98. The molecule has 0 bridgehead atoms. The van der Waals surface area contributed by atoms with Crippen LogP contribution in [0.1, 0.15) is 28.7 Å². The molecule has 3 N–H and O–H groups in total. The van der Waals surface area contributed by atoms with Crippen LogP contribution in [0.25, 0.3) is 0 Å². The maximum atomic E-state index is 8.65. The highest BCUT2D eigenvalue weighted by atomic mass is 32.2. The van der Waals surface area contributed by atoms with E-state index in [9.17, 15) is 0 Å². The lowest BCUT2D eigenvalue weighted by atomic mass is 10.1. The molecule has 2 aromatic rings. The first kappa shape index (κ1) is 14.0. The third-order valence-corrected chi connectivity index (χ3v) is 4.90.